The van der Waals surface area contributed by atoms with Gasteiger partial charge in [0.05, 0.1) is 0 Å². The van der Waals surface area contributed by atoms with Crippen molar-refractivity contribution in [1.29, 1.82) is 0 Å². The average Bonchev–Trinajstić information content (AvgIpc) is 2.42. The molecule has 1 atom stereocenters. The zero-order valence-corrected chi connectivity index (χ0v) is 12.6. The van der Waals surface area contributed by atoms with E-state index in [1.807, 2.05) is 32.0 Å². The minimum absolute atomic E-state index is 0.0780. The fourth-order valence-corrected chi connectivity index (χ4v) is 2.11. The Labute approximate surface area is 124 Å². The van der Waals surface area contributed by atoms with Crippen LogP contribution in [0.25, 0.3) is 0 Å². The smallest absolute Gasteiger partial charge is 0.203 e. The molecule has 0 aliphatic carbocycles. The third-order valence-corrected chi connectivity index (χ3v) is 3.50. The lowest BCUT2D eigenvalue weighted by Crippen LogP contribution is -2.23. The standard InChI is InChI=1S/C17H17ClO2/c1-11-7-8-16(9-12(11)2)20-13(3)17(19)14-5-4-6-15(18)10-14/h4-10,13H,1-3H3/t13-/m1/s1. The monoisotopic (exact) mass is 288 g/mol. The highest BCUT2D eigenvalue weighted by molar-refractivity contribution is 6.31. The van der Waals surface area contributed by atoms with Gasteiger partial charge < -0.3 is 4.74 Å². The van der Waals surface area contributed by atoms with Gasteiger partial charge in [-0.05, 0) is 56.2 Å². The molecule has 0 unspecified atom stereocenters. The molecule has 0 aromatic heterocycles. The van der Waals surface area contributed by atoms with E-state index in [2.05, 4.69) is 0 Å². The Kier molecular flexibility index (Phi) is 4.46. The van der Waals surface area contributed by atoms with E-state index >= 15 is 0 Å². The number of ether oxygens (including phenoxy) is 1. The topological polar surface area (TPSA) is 26.3 Å². The quantitative estimate of drug-likeness (QED) is 0.768. The highest BCUT2D eigenvalue weighted by Crippen LogP contribution is 2.19. The molecule has 20 heavy (non-hydrogen) atoms. The Morgan fingerprint density at radius 1 is 1.10 bits per heavy atom. The number of Topliss-reactive ketones (excluding diaryl/α,β-unsaturated/α-hetero) is 1. The predicted molar refractivity (Wildman–Crippen MR) is 81.8 cm³/mol. The normalized spacial score (nSPS) is 12.0. The summed E-state index contributed by atoms with van der Waals surface area (Å²) in [5.41, 5.74) is 2.91. The van der Waals surface area contributed by atoms with Crippen LogP contribution in [0.1, 0.15) is 28.4 Å². The van der Waals surface area contributed by atoms with Crippen molar-refractivity contribution < 1.29 is 9.53 Å². The van der Waals surface area contributed by atoms with Gasteiger partial charge in [0, 0.05) is 10.6 Å². The summed E-state index contributed by atoms with van der Waals surface area (Å²) in [6.45, 7) is 5.81. The van der Waals surface area contributed by atoms with Gasteiger partial charge in [-0.1, -0.05) is 29.8 Å². The number of hydrogen-bond acceptors (Lipinski definition) is 2. The van der Waals surface area contributed by atoms with Crippen molar-refractivity contribution in [2.45, 2.75) is 26.9 Å². The molecule has 2 aromatic carbocycles. The van der Waals surface area contributed by atoms with Crippen molar-refractivity contribution >= 4 is 17.4 Å². The van der Waals surface area contributed by atoms with E-state index in [0.717, 1.165) is 5.56 Å². The highest BCUT2D eigenvalue weighted by Gasteiger charge is 2.17. The molecule has 0 spiro atoms. The second kappa shape index (κ2) is 6.10. The van der Waals surface area contributed by atoms with Crippen molar-refractivity contribution in [3.05, 3.63) is 64.2 Å². The summed E-state index contributed by atoms with van der Waals surface area (Å²) in [6.07, 6.45) is -0.546. The van der Waals surface area contributed by atoms with Gasteiger partial charge in [-0.3, -0.25) is 4.79 Å². The van der Waals surface area contributed by atoms with Crippen LogP contribution in [0, 0.1) is 13.8 Å². The maximum absolute atomic E-state index is 12.3. The van der Waals surface area contributed by atoms with Crippen LogP contribution < -0.4 is 4.74 Å². The van der Waals surface area contributed by atoms with Gasteiger partial charge in [-0.25, -0.2) is 0 Å². The van der Waals surface area contributed by atoms with E-state index in [9.17, 15) is 4.79 Å². The maximum Gasteiger partial charge on any atom is 0.203 e. The highest BCUT2D eigenvalue weighted by atomic mass is 35.5. The third kappa shape index (κ3) is 3.40. The molecule has 0 fully saturated rings. The number of rotatable bonds is 4. The number of carbonyl (C=O) groups is 1. The summed E-state index contributed by atoms with van der Waals surface area (Å²) >= 11 is 5.90. The van der Waals surface area contributed by atoms with Crippen LogP contribution in [0.4, 0.5) is 0 Å². The van der Waals surface area contributed by atoms with Gasteiger partial charge in [0.15, 0.2) is 6.10 Å². The molecule has 0 heterocycles. The Bertz CT molecular complexity index is 635. The first-order chi connectivity index (χ1) is 9.47. The number of carbonyl (C=O) groups excluding carboxylic acids is 1. The van der Waals surface area contributed by atoms with Crippen LogP contribution in [-0.2, 0) is 0 Å². The Balaban J connectivity index is 2.13. The van der Waals surface area contributed by atoms with Gasteiger partial charge in [0.1, 0.15) is 5.75 Å². The number of benzene rings is 2. The Hall–Kier alpha value is -1.80. The Morgan fingerprint density at radius 2 is 1.85 bits per heavy atom. The van der Waals surface area contributed by atoms with Crippen LogP contribution in [0.3, 0.4) is 0 Å². The molecule has 0 aliphatic rings. The summed E-state index contributed by atoms with van der Waals surface area (Å²) in [4.78, 5) is 12.3. The minimum Gasteiger partial charge on any atom is -0.483 e. The SMILES string of the molecule is Cc1ccc(O[C@H](C)C(=O)c2cccc(Cl)c2)cc1C. The number of aryl methyl sites for hydroxylation is 2. The maximum atomic E-state index is 12.3. The van der Waals surface area contributed by atoms with Crippen LogP contribution in [0.5, 0.6) is 5.75 Å². The van der Waals surface area contributed by atoms with E-state index in [1.54, 1.807) is 31.2 Å². The van der Waals surface area contributed by atoms with Gasteiger partial charge in [-0.15, -0.1) is 0 Å². The van der Waals surface area contributed by atoms with Crippen LogP contribution in [0.15, 0.2) is 42.5 Å². The van der Waals surface area contributed by atoms with E-state index in [-0.39, 0.29) is 5.78 Å². The second-order valence-electron chi connectivity index (χ2n) is 4.88. The zero-order chi connectivity index (χ0) is 14.7. The molecule has 0 aliphatic heterocycles. The average molecular weight is 289 g/mol. The van der Waals surface area contributed by atoms with Crippen molar-refractivity contribution in [2.75, 3.05) is 0 Å². The van der Waals surface area contributed by atoms with Crippen molar-refractivity contribution in [2.24, 2.45) is 0 Å². The van der Waals surface area contributed by atoms with E-state index < -0.39 is 6.10 Å². The number of ketones is 1. The summed E-state index contributed by atoms with van der Waals surface area (Å²) in [5, 5.41) is 0.550. The summed E-state index contributed by atoms with van der Waals surface area (Å²) < 4.78 is 5.71. The minimum atomic E-state index is -0.546. The van der Waals surface area contributed by atoms with E-state index in [0.29, 0.717) is 16.3 Å². The van der Waals surface area contributed by atoms with Crippen LogP contribution in [-0.4, -0.2) is 11.9 Å². The van der Waals surface area contributed by atoms with Gasteiger partial charge >= 0.3 is 0 Å². The molecule has 3 heteroatoms. The molecule has 0 N–H and O–H groups in total. The number of halogens is 1. The van der Waals surface area contributed by atoms with Crippen molar-refractivity contribution in [3.8, 4) is 5.75 Å². The molecular weight excluding hydrogens is 272 g/mol. The number of hydrogen-bond donors (Lipinski definition) is 0. The van der Waals surface area contributed by atoms with E-state index in [1.165, 1.54) is 5.56 Å². The molecule has 0 bridgehead atoms. The Morgan fingerprint density at radius 3 is 2.50 bits per heavy atom. The molecule has 2 nitrogen and oxygen atoms in total. The van der Waals surface area contributed by atoms with Gasteiger partial charge in [0.25, 0.3) is 0 Å². The lowest BCUT2D eigenvalue weighted by atomic mass is 10.1. The first kappa shape index (κ1) is 14.6. The molecule has 104 valence electrons. The van der Waals surface area contributed by atoms with Crippen LogP contribution in [0.2, 0.25) is 5.02 Å². The summed E-state index contributed by atoms with van der Waals surface area (Å²) in [5.74, 6) is 0.627. The first-order valence-electron chi connectivity index (χ1n) is 6.51. The fraction of sp³-hybridized carbons (Fsp3) is 0.235. The lowest BCUT2D eigenvalue weighted by molar-refractivity contribution is 0.0818. The molecule has 0 saturated carbocycles. The molecular formula is C17H17ClO2. The van der Waals surface area contributed by atoms with Gasteiger partial charge in [0.2, 0.25) is 5.78 Å². The summed E-state index contributed by atoms with van der Waals surface area (Å²) in [6, 6.07) is 12.7. The lowest BCUT2D eigenvalue weighted by Gasteiger charge is -2.15. The van der Waals surface area contributed by atoms with Crippen molar-refractivity contribution in [1.82, 2.24) is 0 Å². The fourth-order valence-electron chi connectivity index (χ4n) is 1.92. The molecule has 0 radical (unpaired) electrons. The van der Waals surface area contributed by atoms with E-state index in [4.69, 9.17) is 16.3 Å². The molecule has 0 amide bonds. The van der Waals surface area contributed by atoms with Gasteiger partial charge in [-0.2, -0.15) is 0 Å². The zero-order valence-electron chi connectivity index (χ0n) is 11.8. The summed E-state index contributed by atoms with van der Waals surface area (Å²) in [7, 11) is 0. The molecule has 0 saturated heterocycles. The third-order valence-electron chi connectivity index (χ3n) is 3.27. The van der Waals surface area contributed by atoms with Crippen LogP contribution >= 0.6 is 11.6 Å². The second-order valence-corrected chi connectivity index (χ2v) is 5.32. The largest absolute Gasteiger partial charge is 0.483 e. The predicted octanol–water partition coefficient (Wildman–Crippen LogP) is 4.61. The first-order valence-corrected chi connectivity index (χ1v) is 6.89. The molecule has 2 rings (SSSR count). The molecule has 2 aromatic rings. The van der Waals surface area contributed by atoms with Crippen molar-refractivity contribution in [3.63, 3.8) is 0 Å².